The Morgan fingerprint density at radius 1 is 1.25 bits per heavy atom. The molecule has 1 aromatic carbocycles. The Bertz CT molecular complexity index is 519. The van der Waals surface area contributed by atoms with Crippen molar-refractivity contribution in [2.24, 2.45) is 0 Å². The van der Waals surface area contributed by atoms with Crippen LogP contribution in [0.15, 0.2) is 41.1 Å². The van der Waals surface area contributed by atoms with Gasteiger partial charge in [-0.2, -0.15) is 0 Å². The van der Waals surface area contributed by atoms with Crippen LogP contribution in [0.1, 0.15) is 0 Å². The first kappa shape index (κ1) is 11.4. The lowest BCUT2D eigenvalue weighted by Gasteiger charge is -2.07. The Morgan fingerprint density at radius 2 is 2.06 bits per heavy atom. The van der Waals surface area contributed by atoms with Crippen molar-refractivity contribution in [1.29, 1.82) is 0 Å². The predicted molar refractivity (Wildman–Crippen MR) is 66.6 cm³/mol. The highest BCUT2D eigenvalue weighted by Crippen LogP contribution is 2.24. The van der Waals surface area contributed by atoms with Gasteiger partial charge in [-0.05, 0) is 40.2 Å². The maximum absolute atomic E-state index is 13.4. The van der Waals surface area contributed by atoms with Crippen molar-refractivity contribution >= 4 is 38.9 Å². The molecule has 0 aliphatic carbocycles. The summed E-state index contributed by atoms with van der Waals surface area (Å²) in [5.41, 5.74) is 1.02. The SMILES string of the molecule is Fc1ccc(Cl)cc1Nc1cncc(Br)c1. The van der Waals surface area contributed by atoms with E-state index in [9.17, 15) is 4.39 Å². The molecule has 2 aromatic rings. The Balaban J connectivity index is 2.30. The first-order valence-electron chi connectivity index (χ1n) is 4.48. The number of pyridine rings is 1. The van der Waals surface area contributed by atoms with Gasteiger partial charge in [0.1, 0.15) is 5.82 Å². The van der Waals surface area contributed by atoms with Crippen LogP contribution in [0.4, 0.5) is 15.8 Å². The Labute approximate surface area is 106 Å². The number of benzene rings is 1. The van der Waals surface area contributed by atoms with Gasteiger partial charge in [0.2, 0.25) is 0 Å². The molecule has 0 unspecified atom stereocenters. The van der Waals surface area contributed by atoms with Gasteiger partial charge in [-0.15, -0.1) is 0 Å². The van der Waals surface area contributed by atoms with Crippen molar-refractivity contribution in [3.63, 3.8) is 0 Å². The van der Waals surface area contributed by atoms with Gasteiger partial charge in [-0.25, -0.2) is 4.39 Å². The molecule has 2 rings (SSSR count). The second-order valence-corrected chi connectivity index (χ2v) is 4.49. The number of anilines is 2. The van der Waals surface area contributed by atoms with Crippen LogP contribution in [-0.2, 0) is 0 Å². The van der Waals surface area contributed by atoms with Crippen LogP contribution in [-0.4, -0.2) is 4.98 Å². The van der Waals surface area contributed by atoms with Crippen molar-refractivity contribution in [3.05, 3.63) is 52.0 Å². The summed E-state index contributed by atoms with van der Waals surface area (Å²) >= 11 is 9.07. The third-order valence-electron chi connectivity index (χ3n) is 1.91. The van der Waals surface area contributed by atoms with Crippen LogP contribution in [0.25, 0.3) is 0 Å². The lowest BCUT2D eigenvalue weighted by molar-refractivity contribution is 0.632. The monoisotopic (exact) mass is 300 g/mol. The molecular formula is C11H7BrClFN2. The van der Waals surface area contributed by atoms with E-state index < -0.39 is 0 Å². The minimum absolute atomic E-state index is 0.326. The van der Waals surface area contributed by atoms with Crippen LogP contribution in [0.2, 0.25) is 5.02 Å². The van der Waals surface area contributed by atoms with Crippen molar-refractivity contribution in [1.82, 2.24) is 4.98 Å². The smallest absolute Gasteiger partial charge is 0.146 e. The minimum Gasteiger partial charge on any atom is -0.352 e. The number of nitrogens with zero attached hydrogens (tertiary/aromatic N) is 1. The Morgan fingerprint density at radius 3 is 2.81 bits per heavy atom. The molecule has 0 radical (unpaired) electrons. The fourth-order valence-electron chi connectivity index (χ4n) is 1.23. The van der Waals surface area contributed by atoms with E-state index in [2.05, 4.69) is 26.2 Å². The van der Waals surface area contributed by atoms with Gasteiger partial charge in [0.25, 0.3) is 0 Å². The normalized spacial score (nSPS) is 10.2. The standard InChI is InChI=1S/C11H7BrClFN2/c12-7-3-9(6-15-5-7)16-11-4-8(13)1-2-10(11)14/h1-6,16H. The van der Waals surface area contributed by atoms with Gasteiger partial charge in [-0.3, -0.25) is 4.98 Å². The fraction of sp³-hybridized carbons (Fsp3) is 0. The first-order chi connectivity index (χ1) is 7.65. The van der Waals surface area contributed by atoms with E-state index in [4.69, 9.17) is 11.6 Å². The molecule has 0 fully saturated rings. The molecule has 5 heteroatoms. The first-order valence-corrected chi connectivity index (χ1v) is 5.65. The number of halogens is 3. The molecule has 0 amide bonds. The predicted octanol–water partition coefficient (Wildman–Crippen LogP) is 4.38. The largest absolute Gasteiger partial charge is 0.352 e. The minimum atomic E-state index is -0.357. The van der Waals surface area contributed by atoms with Crippen LogP contribution < -0.4 is 5.32 Å². The molecule has 2 nitrogen and oxygen atoms in total. The average Bonchev–Trinajstić information content (AvgIpc) is 2.24. The molecule has 1 heterocycles. The van der Waals surface area contributed by atoms with Gasteiger partial charge < -0.3 is 5.32 Å². The molecule has 82 valence electrons. The Hall–Kier alpha value is -1.13. The molecule has 0 aliphatic heterocycles. The molecule has 0 aliphatic rings. The van der Waals surface area contributed by atoms with E-state index in [1.165, 1.54) is 18.2 Å². The lowest BCUT2D eigenvalue weighted by atomic mass is 10.3. The van der Waals surface area contributed by atoms with Gasteiger partial charge in [0, 0.05) is 15.7 Å². The second-order valence-electron chi connectivity index (χ2n) is 3.14. The molecule has 16 heavy (non-hydrogen) atoms. The van der Waals surface area contributed by atoms with Gasteiger partial charge in [-0.1, -0.05) is 11.6 Å². The lowest BCUT2D eigenvalue weighted by Crippen LogP contribution is -1.94. The molecule has 1 aromatic heterocycles. The number of rotatable bonds is 2. The van der Waals surface area contributed by atoms with E-state index in [1.807, 2.05) is 0 Å². The molecule has 1 N–H and O–H groups in total. The van der Waals surface area contributed by atoms with Gasteiger partial charge in [0.15, 0.2) is 0 Å². The zero-order valence-electron chi connectivity index (χ0n) is 8.05. The van der Waals surface area contributed by atoms with E-state index >= 15 is 0 Å². The van der Waals surface area contributed by atoms with Crippen LogP contribution in [0.3, 0.4) is 0 Å². The zero-order chi connectivity index (χ0) is 11.5. The molecule has 0 saturated carbocycles. The molecule has 0 atom stereocenters. The number of hydrogen-bond donors (Lipinski definition) is 1. The van der Waals surface area contributed by atoms with Crippen molar-refractivity contribution in [3.8, 4) is 0 Å². The van der Waals surface area contributed by atoms with Gasteiger partial charge >= 0.3 is 0 Å². The molecular weight excluding hydrogens is 294 g/mol. The molecule has 0 spiro atoms. The maximum Gasteiger partial charge on any atom is 0.146 e. The molecule has 0 saturated heterocycles. The highest BCUT2D eigenvalue weighted by molar-refractivity contribution is 9.10. The summed E-state index contributed by atoms with van der Waals surface area (Å²) in [5.74, 6) is -0.357. The van der Waals surface area contributed by atoms with E-state index in [0.29, 0.717) is 16.4 Å². The van der Waals surface area contributed by atoms with E-state index in [0.717, 1.165) is 4.47 Å². The Kier molecular flexibility index (Phi) is 3.41. The second kappa shape index (κ2) is 4.80. The summed E-state index contributed by atoms with van der Waals surface area (Å²) in [6.45, 7) is 0. The summed E-state index contributed by atoms with van der Waals surface area (Å²) in [6, 6.07) is 6.14. The van der Waals surface area contributed by atoms with Crippen LogP contribution in [0, 0.1) is 5.82 Å². The quantitative estimate of drug-likeness (QED) is 0.890. The summed E-state index contributed by atoms with van der Waals surface area (Å²) in [5, 5.41) is 3.38. The van der Waals surface area contributed by atoms with Crippen molar-refractivity contribution in [2.75, 3.05) is 5.32 Å². The van der Waals surface area contributed by atoms with Crippen LogP contribution in [0.5, 0.6) is 0 Å². The van der Waals surface area contributed by atoms with Crippen molar-refractivity contribution < 1.29 is 4.39 Å². The topological polar surface area (TPSA) is 24.9 Å². The summed E-state index contributed by atoms with van der Waals surface area (Å²) in [6.07, 6.45) is 3.25. The van der Waals surface area contributed by atoms with Gasteiger partial charge in [0.05, 0.1) is 17.6 Å². The highest BCUT2D eigenvalue weighted by Gasteiger charge is 2.03. The average molecular weight is 302 g/mol. The van der Waals surface area contributed by atoms with E-state index in [-0.39, 0.29) is 5.82 Å². The van der Waals surface area contributed by atoms with E-state index in [1.54, 1.807) is 18.5 Å². The maximum atomic E-state index is 13.4. The number of nitrogens with one attached hydrogen (secondary N) is 1. The number of hydrogen-bond acceptors (Lipinski definition) is 2. The van der Waals surface area contributed by atoms with Crippen molar-refractivity contribution in [2.45, 2.75) is 0 Å². The summed E-state index contributed by atoms with van der Waals surface area (Å²) in [7, 11) is 0. The molecule has 0 bridgehead atoms. The third kappa shape index (κ3) is 2.71. The summed E-state index contributed by atoms with van der Waals surface area (Å²) < 4.78 is 14.2. The zero-order valence-corrected chi connectivity index (χ0v) is 10.4. The number of aromatic nitrogens is 1. The highest BCUT2D eigenvalue weighted by atomic mass is 79.9. The summed E-state index contributed by atoms with van der Waals surface area (Å²) in [4.78, 5) is 3.97. The van der Waals surface area contributed by atoms with Crippen LogP contribution >= 0.6 is 27.5 Å². The third-order valence-corrected chi connectivity index (χ3v) is 2.58. The fourth-order valence-corrected chi connectivity index (χ4v) is 1.77.